The van der Waals surface area contributed by atoms with E-state index in [-0.39, 0.29) is 11.9 Å². The third-order valence-electron chi connectivity index (χ3n) is 5.13. The van der Waals surface area contributed by atoms with Gasteiger partial charge in [-0.3, -0.25) is 4.79 Å². The Labute approximate surface area is 143 Å². The molecule has 1 N–H and O–H groups in total. The molecule has 2 aromatic heterocycles. The number of rotatable bonds is 6. The SMILES string of the molecule is CCCc1noc2nc(CC)cc(C(=O)NC(C)C3CCCC3)c12. The molecule has 5 nitrogen and oxygen atoms in total. The van der Waals surface area contributed by atoms with Gasteiger partial charge < -0.3 is 9.84 Å². The summed E-state index contributed by atoms with van der Waals surface area (Å²) in [5.74, 6) is 0.562. The van der Waals surface area contributed by atoms with E-state index >= 15 is 0 Å². The third-order valence-corrected chi connectivity index (χ3v) is 5.13. The number of aryl methyl sites for hydroxylation is 2. The summed E-state index contributed by atoms with van der Waals surface area (Å²) < 4.78 is 5.40. The molecule has 1 amide bonds. The minimum atomic E-state index is -0.0305. The topological polar surface area (TPSA) is 68.0 Å². The lowest BCUT2D eigenvalue weighted by Crippen LogP contribution is -2.37. The molecule has 130 valence electrons. The minimum Gasteiger partial charge on any atom is -0.349 e. The summed E-state index contributed by atoms with van der Waals surface area (Å²) in [5, 5.41) is 8.13. The first-order valence-corrected chi connectivity index (χ1v) is 9.23. The summed E-state index contributed by atoms with van der Waals surface area (Å²) in [4.78, 5) is 17.4. The molecule has 1 aliphatic carbocycles. The first-order chi connectivity index (χ1) is 11.6. The minimum absolute atomic E-state index is 0.0305. The standard InChI is InChI=1S/C19H27N3O2/c1-4-8-16-17-15(11-14(5-2)21-19(17)24-22-16)18(23)20-12(3)13-9-6-7-10-13/h11-13H,4-10H2,1-3H3,(H,20,23). The van der Waals surface area contributed by atoms with Crippen LogP contribution < -0.4 is 5.32 Å². The summed E-state index contributed by atoms with van der Waals surface area (Å²) in [6.45, 7) is 6.24. The van der Waals surface area contributed by atoms with Crippen LogP contribution in [-0.4, -0.2) is 22.1 Å². The monoisotopic (exact) mass is 329 g/mol. The lowest BCUT2D eigenvalue weighted by atomic mass is 9.99. The Kier molecular flexibility index (Phi) is 5.17. The molecule has 0 radical (unpaired) electrons. The van der Waals surface area contributed by atoms with Crippen LogP contribution in [0.2, 0.25) is 0 Å². The van der Waals surface area contributed by atoms with Gasteiger partial charge in [-0.1, -0.05) is 38.3 Å². The molecule has 5 heteroatoms. The second kappa shape index (κ2) is 7.32. The largest absolute Gasteiger partial charge is 0.349 e. The number of hydrogen-bond acceptors (Lipinski definition) is 4. The maximum Gasteiger partial charge on any atom is 0.259 e. The maximum absolute atomic E-state index is 12.9. The molecule has 1 aliphatic rings. The Hall–Kier alpha value is -1.91. The number of amides is 1. The molecule has 3 rings (SSSR count). The van der Waals surface area contributed by atoms with Crippen molar-refractivity contribution in [1.82, 2.24) is 15.5 Å². The summed E-state index contributed by atoms with van der Waals surface area (Å²) >= 11 is 0. The van der Waals surface area contributed by atoms with Crippen LogP contribution in [0.4, 0.5) is 0 Å². The Morgan fingerprint density at radius 2 is 2.12 bits per heavy atom. The number of hydrogen-bond donors (Lipinski definition) is 1. The average molecular weight is 329 g/mol. The van der Waals surface area contributed by atoms with Crippen molar-refractivity contribution >= 4 is 17.0 Å². The van der Waals surface area contributed by atoms with Gasteiger partial charge in [-0.25, -0.2) is 4.98 Å². The zero-order valence-electron chi connectivity index (χ0n) is 14.9. The molecular weight excluding hydrogens is 302 g/mol. The third kappa shape index (κ3) is 3.30. The van der Waals surface area contributed by atoms with E-state index in [0.717, 1.165) is 36.0 Å². The molecule has 0 aliphatic heterocycles. The summed E-state index contributed by atoms with van der Waals surface area (Å²) in [5.41, 5.74) is 2.84. The highest BCUT2D eigenvalue weighted by molar-refractivity contribution is 6.06. The Balaban J connectivity index is 1.93. The second-order valence-corrected chi connectivity index (χ2v) is 6.88. The molecule has 1 fully saturated rings. The van der Waals surface area contributed by atoms with Gasteiger partial charge in [-0.2, -0.15) is 0 Å². The van der Waals surface area contributed by atoms with Gasteiger partial charge in [0.05, 0.1) is 16.6 Å². The number of nitrogens with zero attached hydrogens (tertiary/aromatic N) is 2. The van der Waals surface area contributed by atoms with Gasteiger partial charge in [0, 0.05) is 11.7 Å². The highest BCUT2D eigenvalue weighted by Crippen LogP contribution is 2.28. The predicted octanol–water partition coefficient (Wildman–Crippen LogP) is 4.05. The maximum atomic E-state index is 12.9. The first kappa shape index (κ1) is 16.9. The lowest BCUT2D eigenvalue weighted by Gasteiger charge is -2.20. The zero-order valence-corrected chi connectivity index (χ0v) is 14.9. The van der Waals surface area contributed by atoms with Gasteiger partial charge >= 0.3 is 0 Å². The summed E-state index contributed by atoms with van der Waals surface area (Å²) in [7, 11) is 0. The van der Waals surface area contributed by atoms with E-state index in [1.54, 1.807) is 0 Å². The first-order valence-electron chi connectivity index (χ1n) is 9.23. The van der Waals surface area contributed by atoms with Crippen molar-refractivity contribution in [2.75, 3.05) is 0 Å². The number of pyridine rings is 1. The molecule has 1 saturated carbocycles. The van der Waals surface area contributed by atoms with E-state index in [1.165, 1.54) is 25.7 Å². The molecular formula is C19H27N3O2. The molecule has 1 unspecified atom stereocenters. The summed E-state index contributed by atoms with van der Waals surface area (Å²) in [6.07, 6.45) is 7.48. The van der Waals surface area contributed by atoms with Crippen molar-refractivity contribution in [2.24, 2.45) is 5.92 Å². The van der Waals surface area contributed by atoms with Gasteiger partial charge in [0.2, 0.25) is 0 Å². The Morgan fingerprint density at radius 3 is 2.79 bits per heavy atom. The highest BCUT2D eigenvalue weighted by atomic mass is 16.5. The van der Waals surface area contributed by atoms with E-state index in [2.05, 4.69) is 29.3 Å². The van der Waals surface area contributed by atoms with E-state index in [4.69, 9.17) is 4.52 Å². The van der Waals surface area contributed by atoms with Gasteiger partial charge in [0.25, 0.3) is 11.6 Å². The molecule has 2 heterocycles. The van der Waals surface area contributed by atoms with Crippen LogP contribution in [0.3, 0.4) is 0 Å². The van der Waals surface area contributed by atoms with Crippen molar-refractivity contribution in [3.63, 3.8) is 0 Å². The van der Waals surface area contributed by atoms with Crippen molar-refractivity contribution < 1.29 is 9.32 Å². The molecule has 1 atom stereocenters. The Bertz CT molecular complexity index is 717. The van der Waals surface area contributed by atoms with Crippen molar-refractivity contribution in [1.29, 1.82) is 0 Å². The zero-order chi connectivity index (χ0) is 17.1. The van der Waals surface area contributed by atoms with E-state index < -0.39 is 0 Å². The Morgan fingerprint density at radius 1 is 1.38 bits per heavy atom. The smallest absolute Gasteiger partial charge is 0.259 e. The van der Waals surface area contributed by atoms with E-state index in [0.29, 0.717) is 17.2 Å². The predicted molar refractivity (Wildman–Crippen MR) is 94.1 cm³/mol. The van der Waals surface area contributed by atoms with Crippen LogP contribution in [0.15, 0.2) is 10.6 Å². The van der Waals surface area contributed by atoms with Crippen LogP contribution in [0.5, 0.6) is 0 Å². The summed E-state index contributed by atoms with van der Waals surface area (Å²) in [6, 6.07) is 2.10. The van der Waals surface area contributed by atoms with Crippen molar-refractivity contribution in [3.05, 3.63) is 23.0 Å². The van der Waals surface area contributed by atoms with Crippen LogP contribution in [0.25, 0.3) is 11.1 Å². The van der Waals surface area contributed by atoms with Crippen LogP contribution in [0, 0.1) is 5.92 Å². The fourth-order valence-electron chi connectivity index (χ4n) is 3.69. The van der Waals surface area contributed by atoms with Gasteiger partial charge in [-0.15, -0.1) is 0 Å². The molecule has 0 bridgehead atoms. The molecule has 0 aromatic carbocycles. The van der Waals surface area contributed by atoms with Gasteiger partial charge in [0.15, 0.2) is 0 Å². The fraction of sp³-hybridized carbons (Fsp3) is 0.632. The van der Waals surface area contributed by atoms with Gasteiger partial charge in [0.1, 0.15) is 0 Å². The molecule has 0 saturated heterocycles. The second-order valence-electron chi connectivity index (χ2n) is 6.88. The lowest BCUT2D eigenvalue weighted by molar-refractivity contribution is 0.0928. The van der Waals surface area contributed by atoms with Gasteiger partial charge in [-0.05, 0) is 44.6 Å². The normalized spacial score (nSPS) is 16.6. The number of aromatic nitrogens is 2. The van der Waals surface area contributed by atoms with E-state index in [9.17, 15) is 4.79 Å². The van der Waals surface area contributed by atoms with E-state index in [1.807, 2.05) is 13.0 Å². The number of fused-ring (bicyclic) bond motifs is 1. The highest BCUT2D eigenvalue weighted by Gasteiger charge is 2.25. The van der Waals surface area contributed by atoms with Crippen LogP contribution in [-0.2, 0) is 12.8 Å². The fourth-order valence-corrected chi connectivity index (χ4v) is 3.69. The molecule has 0 spiro atoms. The van der Waals surface area contributed by atoms with Crippen molar-refractivity contribution in [3.8, 4) is 0 Å². The van der Waals surface area contributed by atoms with Crippen LogP contribution >= 0.6 is 0 Å². The molecule has 2 aromatic rings. The average Bonchev–Trinajstić information content (AvgIpc) is 3.24. The number of carbonyl (C=O) groups excluding carboxylic acids is 1. The van der Waals surface area contributed by atoms with Crippen LogP contribution in [0.1, 0.15) is 74.6 Å². The van der Waals surface area contributed by atoms with Crippen molar-refractivity contribution in [2.45, 2.75) is 71.8 Å². The number of nitrogens with one attached hydrogen (secondary N) is 1. The quantitative estimate of drug-likeness (QED) is 0.868. The molecule has 24 heavy (non-hydrogen) atoms. The number of carbonyl (C=O) groups is 1.